The van der Waals surface area contributed by atoms with Crippen LogP contribution >= 0.6 is 38.8 Å². The van der Waals surface area contributed by atoms with Crippen LogP contribution in [0.15, 0.2) is 24.3 Å². The van der Waals surface area contributed by atoms with Gasteiger partial charge >= 0.3 is 0 Å². The highest BCUT2D eigenvalue weighted by Crippen LogP contribution is 2.56. The van der Waals surface area contributed by atoms with Crippen LogP contribution in [0.2, 0.25) is 0 Å². The molecule has 16 heavy (non-hydrogen) atoms. The highest BCUT2D eigenvalue weighted by molar-refractivity contribution is 14.1. The summed E-state index contributed by atoms with van der Waals surface area (Å²) in [5, 5.41) is 0. The molecule has 0 bridgehead atoms. The van der Waals surface area contributed by atoms with Gasteiger partial charge in [-0.3, -0.25) is 0 Å². The third-order valence-corrected chi connectivity index (χ3v) is 6.17. The standard InChI is InChI=1S/C12H13BrINO/c1-12(2)15(14)10-8-6-4-3-5-7(8)9(13)11(10)16-12/h3-6,9-11H,1-2H3/t9-,10-,11+/m0/s1. The van der Waals surface area contributed by atoms with Crippen LogP contribution in [0.1, 0.15) is 35.8 Å². The molecule has 1 saturated heterocycles. The summed E-state index contributed by atoms with van der Waals surface area (Å²) in [4.78, 5) is 0.313. The van der Waals surface area contributed by atoms with Crippen LogP contribution in [0.5, 0.6) is 0 Å². The number of nitrogens with zero attached hydrogens (tertiary/aromatic N) is 1. The lowest BCUT2D eigenvalue weighted by molar-refractivity contribution is -0.0419. The summed E-state index contributed by atoms with van der Waals surface area (Å²) in [6, 6.07) is 8.97. The minimum Gasteiger partial charge on any atom is -0.353 e. The second-order valence-electron chi connectivity index (χ2n) is 4.82. The fourth-order valence-electron chi connectivity index (χ4n) is 2.64. The summed E-state index contributed by atoms with van der Waals surface area (Å²) in [7, 11) is 0. The van der Waals surface area contributed by atoms with E-state index in [1.807, 2.05) is 0 Å². The van der Waals surface area contributed by atoms with Gasteiger partial charge in [-0.15, -0.1) is 0 Å². The molecule has 3 rings (SSSR count). The SMILES string of the molecule is CC1(C)O[C@@H]2[C@@H](Br)c3ccccc3[C@@H]2N1I. The monoisotopic (exact) mass is 393 g/mol. The molecule has 1 fully saturated rings. The van der Waals surface area contributed by atoms with Crippen molar-refractivity contribution in [3.8, 4) is 0 Å². The van der Waals surface area contributed by atoms with Crippen molar-refractivity contribution < 1.29 is 4.74 Å². The third-order valence-electron chi connectivity index (χ3n) is 3.39. The van der Waals surface area contributed by atoms with E-state index in [0.29, 0.717) is 10.9 Å². The second kappa shape index (κ2) is 3.67. The molecule has 2 aliphatic rings. The molecule has 1 heterocycles. The third kappa shape index (κ3) is 1.43. The maximum Gasteiger partial charge on any atom is 0.125 e. The maximum absolute atomic E-state index is 6.15. The molecule has 1 aliphatic carbocycles. The topological polar surface area (TPSA) is 12.5 Å². The van der Waals surface area contributed by atoms with Gasteiger partial charge in [0.15, 0.2) is 0 Å². The molecule has 0 aromatic heterocycles. The van der Waals surface area contributed by atoms with Crippen LogP contribution in [0, 0.1) is 0 Å². The Bertz CT molecular complexity index is 437. The molecule has 4 heteroatoms. The van der Waals surface area contributed by atoms with Crippen LogP contribution in [0.3, 0.4) is 0 Å². The average Bonchev–Trinajstić information content (AvgIpc) is 2.64. The number of rotatable bonds is 0. The van der Waals surface area contributed by atoms with E-state index in [9.17, 15) is 0 Å². The van der Waals surface area contributed by atoms with Crippen molar-refractivity contribution in [3.63, 3.8) is 0 Å². The molecule has 3 atom stereocenters. The Kier molecular flexibility index (Phi) is 2.62. The number of benzene rings is 1. The van der Waals surface area contributed by atoms with Gasteiger partial charge in [-0.1, -0.05) is 40.2 Å². The van der Waals surface area contributed by atoms with Gasteiger partial charge in [-0.2, -0.15) is 0 Å². The molecule has 86 valence electrons. The van der Waals surface area contributed by atoms with Gasteiger partial charge in [-0.25, -0.2) is 3.11 Å². The number of fused-ring (bicyclic) bond motifs is 3. The normalized spacial score (nSPS) is 36.1. The van der Waals surface area contributed by atoms with Crippen LogP contribution in [0.4, 0.5) is 0 Å². The first-order valence-electron chi connectivity index (χ1n) is 5.38. The largest absolute Gasteiger partial charge is 0.353 e. The molecule has 0 saturated carbocycles. The zero-order valence-corrected chi connectivity index (χ0v) is 12.9. The summed E-state index contributed by atoms with van der Waals surface area (Å²) >= 11 is 6.15. The van der Waals surface area contributed by atoms with E-state index in [-0.39, 0.29) is 11.8 Å². The lowest BCUT2D eigenvalue weighted by Crippen LogP contribution is -2.32. The van der Waals surface area contributed by atoms with E-state index in [1.54, 1.807) is 0 Å². The van der Waals surface area contributed by atoms with E-state index in [1.165, 1.54) is 11.1 Å². The molecule has 0 unspecified atom stereocenters. The predicted octanol–water partition coefficient (Wildman–Crippen LogP) is 3.96. The Morgan fingerprint density at radius 3 is 2.62 bits per heavy atom. The van der Waals surface area contributed by atoms with Crippen LogP contribution in [-0.4, -0.2) is 14.9 Å². The average molecular weight is 394 g/mol. The summed E-state index contributed by atoms with van der Waals surface area (Å²) in [6.07, 6.45) is 0.226. The van der Waals surface area contributed by atoms with E-state index in [2.05, 4.69) is 80.0 Å². The fraction of sp³-hybridized carbons (Fsp3) is 0.500. The van der Waals surface area contributed by atoms with E-state index in [0.717, 1.165) is 0 Å². The molecule has 1 aromatic carbocycles. The highest BCUT2D eigenvalue weighted by Gasteiger charge is 2.54. The van der Waals surface area contributed by atoms with Gasteiger partial charge in [0.05, 0.1) is 17.0 Å². The van der Waals surface area contributed by atoms with Crippen LogP contribution in [0.25, 0.3) is 0 Å². The van der Waals surface area contributed by atoms with Crippen molar-refractivity contribution in [2.75, 3.05) is 0 Å². The minimum absolute atomic E-state index is 0.185. The first-order chi connectivity index (χ1) is 7.52. The number of hydrogen-bond donors (Lipinski definition) is 0. The quantitative estimate of drug-likeness (QED) is 0.375. The Morgan fingerprint density at radius 1 is 1.31 bits per heavy atom. The van der Waals surface area contributed by atoms with Crippen LogP contribution in [-0.2, 0) is 4.74 Å². The lowest BCUT2D eigenvalue weighted by Gasteiger charge is -2.27. The molecule has 0 amide bonds. The smallest absolute Gasteiger partial charge is 0.125 e. The predicted molar refractivity (Wildman–Crippen MR) is 75.7 cm³/mol. The Labute approximate surface area is 118 Å². The van der Waals surface area contributed by atoms with Crippen molar-refractivity contribution in [1.29, 1.82) is 0 Å². The summed E-state index contributed by atoms with van der Waals surface area (Å²) in [5.74, 6) is 0. The summed E-state index contributed by atoms with van der Waals surface area (Å²) in [6.45, 7) is 4.25. The van der Waals surface area contributed by atoms with Gasteiger partial charge in [0, 0.05) is 22.9 Å². The number of hydrogen-bond acceptors (Lipinski definition) is 2. The van der Waals surface area contributed by atoms with Gasteiger partial charge < -0.3 is 4.74 Å². The maximum atomic E-state index is 6.15. The van der Waals surface area contributed by atoms with Crippen molar-refractivity contribution >= 4 is 38.8 Å². The molecular formula is C12H13BrINO. The zero-order chi connectivity index (χ0) is 11.5. The summed E-state index contributed by atoms with van der Waals surface area (Å²) in [5.41, 5.74) is 2.58. The first kappa shape index (κ1) is 11.4. The Balaban J connectivity index is 2.10. The van der Waals surface area contributed by atoms with E-state index in [4.69, 9.17) is 4.74 Å². The van der Waals surface area contributed by atoms with Gasteiger partial charge in [0.1, 0.15) is 5.72 Å². The number of alkyl halides is 1. The van der Waals surface area contributed by atoms with Crippen molar-refractivity contribution in [2.45, 2.75) is 36.5 Å². The molecule has 0 radical (unpaired) electrons. The van der Waals surface area contributed by atoms with E-state index < -0.39 is 0 Å². The van der Waals surface area contributed by atoms with Crippen molar-refractivity contribution in [3.05, 3.63) is 35.4 Å². The lowest BCUT2D eigenvalue weighted by atomic mass is 10.1. The molecule has 1 aromatic rings. The van der Waals surface area contributed by atoms with Crippen molar-refractivity contribution in [2.24, 2.45) is 0 Å². The number of ether oxygens (including phenoxy) is 1. The van der Waals surface area contributed by atoms with Gasteiger partial charge in [0.2, 0.25) is 0 Å². The Hall–Kier alpha value is 0.350. The van der Waals surface area contributed by atoms with Gasteiger partial charge in [-0.05, 0) is 25.0 Å². The highest BCUT2D eigenvalue weighted by atomic mass is 127. The van der Waals surface area contributed by atoms with Gasteiger partial charge in [0.25, 0.3) is 0 Å². The molecule has 0 N–H and O–H groups in total. The second-order valence-corrected chi connectivity index (χ2v) is 6.84. The molecule has 0 spiro atoms. The molecule has 1 aliphatic heterocycles. The molecular weight excluding hydrogens is 381 g/mol. The first-order valence-corrected chi connectivity index (χ1v) is 7.26. The molecule has 2 nitrogen and oxygen atoms in total. The minimum atomic E-state index is -0.185. The number of halogens is 2. The fourth-order valence-corrected chi connectivity index (χ4v) is 4.18. The van der Waals surface area contributed by atoms with Crippen LogP contribution < -0.4 is 0 Å². The van der Waals surface area contributed by atoms with Crippen molar-refractivity contribution in [1.82, 2.24) is 3.11 Å². The zero-order valence-electron chi connectivity index (χ0n) is 9.15. The van der Waals surface area contributed by atoms with E-state index >= 15 is 0 Å². The Morgan fingerprint density at radius 2 is 1.94 bits per heavy atom. The summed E-state index contributed by atoms with van der Waals surface area (Å²) < 4.78 is 8.45.